The highest BCUT2D eigenvalue weighted by Gasteiger charge is 2.61. The van der Waals surface area contributed by atoms with Crippen molar-refractivity contribution in [2.24, 2.45) is 81.8 Å². The van der Waals surface area contributed by atoms with Crippen LogP contribution in [-0.2, 0) is 9.59 Å². The van der Waals surface area contributed by atoms with Crippen molar-refractivity contribution in [3.63, 3.8) is 0 Å². The van der Waals surface area contributed by atoms with Crippen molar-refractivity contribution >= 4 is 11.9 Å². The molecule has 4 N–H and O–H groups in total. The van der Waals surface area contributed by atoms with Crippen LogP contribution in [0.3, 0.4) is 0 Å². The number of carboxylic acids is 1. The van der Waals surface area contributed by atoms with Gasteiger partial charge in [-0.15, -0.1) is 0 Å². The monoisotopic (exact) mass is 925 g/mol. The van der Waals surface area contributed by atoms with Gasteiger partial charge < -0.3 is 25.5 Å². The first-order chi connectivity index (χ1) is 30.9. The Morgan fingerprint density at radius 3 is 1.43 bits per heavy atom. The number of hydrogen-bond acceptors (Lipinski definition) is 5. The highest BCUT2D eigenvalue weighted by molar-refractivity contribution is 5.80. The lowest BCUT2D eigenvalue weighted by molar-refractivity contribution is -0.150. The molecule has 0 unspecified atom stereocenters. The normalized spacial score (nSPS) is 42.1. The summed E-state index contributed by atoms with van der Waals surface area (Å²) >= 11 is 0. The van der Waals surface area contributed by atoms with Crippen molar-refractivity contribution in [3.05, 3.63) is 71.8 Å². The summed E-state index contributed by atoms with van der Waals surface area (Å²) in [7, 11) is 3.99. The van der Waals surface area contributed by atoms with Gasteiger partial charge in [-0.1, -0.05) is 89.4 Å². The molecule has 10 rings (SSSR count). The number of carboxylic acid groups (broad SMARTS) is 1. The fourth-order valence-electron chi connectivity index (χ4n) is 17.3. The van der Waals surface area contributed by atoms with Crippen LogP contribution in [-0.4, -0.2) is 57.4 Å². The maximum absolute atomic E-state index is 13.8. The summed E-state index contributed by atoms with van der Waals surface area (Å²) < 4.78 is 0. The van der Waals surface area contributed by atoms with Gasteiger partial charge in [0, 0.05) is 19.0 Å². The summed E-state index contributed by atoms with van der Waals surface area (Å²) in [6.07, 6.45) is 20.6. The minimum absolute atomic E-state index is 0. The predicted molar refractivity (Wildman–Crippen MR) is 275 cm³/mol. The molecular formula is C60H96N2O5. The second kappa shape index (κ2) is 21.3. The van der Waals surface area contributed by atoms with Gasteiger partial charge in [0.1, 0.15) is 0 Å². The lowest BCUT2D eigenvalue weighted by atomic mass is 9.49. The van der Waals surface area contributed by atoms with E-state index in [9.17, 15) is 24.9 Å². The van der Waals surface area contributed by atoms with Gasteiger partial charge in [0.05, 0.1) is 23.2 Å². The van der Waals surface area contributed by atoms with Crippen molar-refractivity contribution < 1.29 is 24.9 Å². The minimum Gasteiger partial charge on any atom is -0.481 e. The van der Waals surface area contributed by atoms with Crippen LogP contribution in [0.15, 0.2) is 60.7 Å². The molecule has 18 atom stereocenters. The van der Waals surface area contributed by atoms with Gasteiger partial charge in [0.2, 0.25) is 5.91 Å². The Bertz CT molecular complexity index is 1920. The van der Waals surface area contributed by atoms with Crippen LogP contribution in [0.1, 0.15) is 195 Å². The number of amides is 1. The number of carbonyl (C=O) groups is 2. The number of rotatable bonds is 6. The zero-order valence-corrected chi connectivity index (χ0v) is 41.7. The zero-order chi connectivity index (χ0) is 46.5. The van der Waals surface area contributed by atoms with Crippen molar-refractivity contribution in [3.8, 4) is 0 Å². The number of fused-ring (bicyclic) bond motifs is 10. The maximum Gasteiger partial charge on any atom is 0.307 e. The van der Waals surface area contributed by atoms with Crippen molar-refractivity contribution in [2.45, 2.75) is 195 Å². The molecule has 0 saturated heterocycles. The fourth-order valence-corrected chi connectivity index (χ4v) is 17.3. The first-order valence-electron chi connectivity index (χ1n) is 26.6. The number of benzene rings is 2. The minimum atomic E-state index is -0.559. The molecule has 0 aliphatic heterocycles. The fraction of sp³-hybridized carbons (Fsp3) is 0.767. The van der Waals surface area contributed by atoms with Gasteiger partial charge in [-0.05, 0) is 231 Å². The molecule has 376 valence electrons. The number of carbonyl (C=O) groups excluding carboxylic acids is 1. The Morgan fingerprint density at radius 1 is 0.567 bits per heavy atom. The molecule has 7 heteroatoms. The topological polar surface area (TPSA) is 110 Å². The second-order valence-corrected chi connectivity index (χ2v) is 24.5. The van der Waals surface area contributed by atoms with Crippen LogP contribution in [0, 0.1) is 81.8 Å². The largest absolute Gasteiger partial charge is 0.481 e. The van der Waals surface area contributed by atoms with E-state index >= 15 is 0 Å². The van der Waals surface area contributed by atoms with E-state index in [4.69, 9.17) is 0 Å². The molecule has 2 aromatic carbocycles. The maximum atomic E-state index is 13.8. The first kappa shape index (κ1) is 53.6. The molecule has 0 radical (unpaired) electrons. The second-order valence-electron chi connectivity index (χ2n) is 24.5. The van der Waals surface area contributed by atoms with Crippen molar-refractivity contribution in [1.29, 1.82) is 0 Å². The Morgan fingerprint density at radius 2 is 0.985 bits per heavy atom. The van der Waals surface area contributed by atoms with Gasteiger partial charge in [-0.3, -0.25) is 9.59 Å². The van der Waals surface area contributed by atoms with Crippen molar-refractivity contribution in [1.82, 2.24) is 10.2 Å². The van der Waals surface area contributed by atoms with E-state index in [0.29, 0.717) is 29.7 Å². The standard InChI is InChI=1S/C29H43NO2.C20H32O3.C9H13N.2CH4/c1-19(20-8-6-5-7-9-20)30(4)27(31)26-13-12-25-24-11-10-21-18-28(2,32)16-14-22(21)23(24)15-17-29(25,26)3;1-19(23)9-7-13-12(11-19)3-4-15-14(13)8-10-20(2)16(15)5-6-17(20)18(21)22;1-8(10-2)9-6-4-3-5-7-9;;/h5-9,19,21-26,32H,10-18H2,1-4H3;12-17,23H,3-11H2,1-2H3,(H,21,22);3-8,10H,1-2H3;2*1H4/t19-,21-,22+,23-,24-,25+,26-,28-,29+;12-,13+,14-,15-,16+,17-,19-,20+;8-;;/m111../s1. The lowest BCUT2D eigenvalue weighted by Gasteiger charge is -2.57. The number of nitrogens with one attached hydrogen (secondary N) is 1. The van der Waals surface area contributed by atoms with Gasteiger partial charge >= 0.3 is 5.97 Å². The molecule has 8 aliphatic carbocycles. The quantitative estimate of drug-likeness (QED) is 0.230. The van der Waals surface area contributed by atoms with Crippen LogP contribution in [0.2, 0.25) is 0 Å². The zero-order valence-electron chi connectivity index (χ0n) is 41.7. The van der Waals surface area contributed by atoms with Gasteiger partial charge in [0.15, 0.2) is 0 Å². The van der Waals surface area contributed by atoms with E-state index in [1.54, 1.807) is 0 Å². The third-order valence-corrected chi connectivity index (χ3v) is 21.0. The molecule has 8 fully saturated rings. The summed E-state index contributed by atoms with van der Waals surface area (Å²) in [5.74, 6) is 7.43. The van der Waals surface area contributed by atoms with Gasteiger partial charge in [0.25, 0.3) is 0 Å². The Balaban J connectivity index is 0.000000185. The average molecular weight is 925 g/mol. The van der Waals surface area contributed by atoms with E-state index in [2.05, 4.69) is 81.5 Å². The molecule has 1 amide bonds. The third-order valence-electron chi connectivity index (χ3n) is 21.0. The Hall–Kier alpha value is -2.74. The third kappa shape index (κ3) is 10.7. The van der Waals surface area contributed by atoms with Gasteiger partial charge in [-0.25, -0.2) is 0 Å². The molecule has 0 bridgehead atoms. The number of nitrogens with zero attached hydrogens (tertiary/aromatic N) is 1. The van der Waals surface area contributed by atoms with Crippen LogP contribution >= 0.6 is 0 Å². The van der Waals surface area contributed by atoms with E-state index in [1.807, 2.05) is 45.0 Å². The number of hydrogen-bond donors (Lipinski definition) is 4. The molecule has 8 saturated carbocycles. The van der Waals surface area contributed by atoms with Crippen LogP contribution in [0.25, 0.3) is 0 Å². The van der Waals surface area contributed by atoms with Crippen LogP contribution < -0.4 is 5.32 Å². The molecule has 7 nitrogen and oxygen atoms in total. The number of aliphatic hydroxyl groups is 2. The molecule has 0 heterocycles. The van der Waals surface area contributed by atoms with Gasteiger partial charge in [-0.2, -0.15) is 0 Å². The smallest absolute Gasteiger partial charge is 0.307 e. The van der Waals surface area contributed by atoms with Crippen LogP contribution in [0.4, 0.5) is 0 Å². The average Bonchev–Trinajstić information content (AvgIpc) is 3.85. The molecule has 8 aliphatic rings. The van der Waals surface area contributed by atoms with E-state index in [1.165, 1.54) is 75.3 Å². The molecule has 67 heavy (non-hydrogen) atoms. The summed E-state index contributed by atoms with van der Waals surface area (Å²) in [6.45, 7) is 13.1. The van der Waals surface area contributed by atoms with Crippen LogP contribution in [0.5, 0.6) is 0 Å². The first-order valence-corrected chi connectivity index (χ1v) is 26.6. The summed E-state index contributed by atoms with van der Waals surface area (Å²) in [5, 5.41) is 33.9. The SMILES string of the molecule is C.C.CN[C@H](C)c1ccccc1.C[C@@]1(O)CC[C@H]2[C@H](CC[C@@H]3[C@@H]2CC[C@]2(C)[C@@H](C(=O)O)CC[C@@H]32)C1.C[C@H](c1ccccc1)N(C)C(=O)[C@H]1CC[C@H]2[C@@H]3CC[C@@H]4C[C@](C)(O)CC[C@@H]4[C@H]3CC[C@]12C. The molecular weight excluding hydrogens is 829 g/mol. The van der Waals surface area contributed by atoms with Crippen molar-refractivity contribution in [2.75, 3.05) is 14.1 Å². The predicted octanol–water partition coefficient (Wildman–Crippen LogP) is 13.6. The highest BCUT2D eigenvalue weighted by Crippen LogP contribution is 2.66. The summed E-state index contributed by atoms with van der Waals surface area (Å²) in [4.78, 5) is 27.5. The van der Waals surface area contributed by atoms with E-state index in [0.717, 1.165) is 92.8 Å². The molecule has 0 spiro atoms. The molecule has 2 aromatic rings. The molecule has 0 aromatic heterocycles. The summed E-state index contributed by atoms with van der Waals surface area (Å²) in [5.41, 5.74) is 1.87. The number of aliphatic carboxylic acids is 1. The lowest BCUT2D eigenvalue weighted by Crippen LogP contribution is -2.52. The van der Waals surface area contributed by atoms with E-state index in [-0.39, 0.29) is 43.6 Å². The summed E-state index contributed by atoms with van der Waals surface area (Å²) in [6, 6.07) is 21.4. The Kier molecular flexibility index (Phi) is 17.1. The Labute approximate surface area is 408 Å². The van der Waals surface area contributed by atoms with E-state index < -0.39 is 17.2 Å². The highest BCUT2D eigenvalue weighted by atomic mass is 16.4.